The number of anilines is 1. The smallest absolute Gasteiger partial charge is 0.0745 e. The zero-order chi connectivity index (χ0) is 15.9. The molecule has 2 aromatic rings. The number of aryl methyl sites for hydroxylation is 2. The van der Waals surface area contributed by atoms with Crippen LogP contribution in [0, 0.1) is 13.8 Å². The molecule has 1 fully saturated rings. The molecule has 0 atom stereocenters. The van der Waals surface area contributed by atoms with Gasteiger partial charge < -0.3 is 10.0 Å². The van der Waals surface area contributed by atoms with Crippen molar-refractivity contribution in [3.05, 3.63) is 62.6 Å². The van der Waals surface area contributed by atoms with Gasteiger partial charge in [-0.2, -0.15) is 0 Å². The van der Waals surface area contributed by atoms with Gasteiger partial charge in [0.2, 0.25) is 0 Å². The second-order valence-corrected chi connectivity index (χ2v) is 6.78. The Kier molecular flexibility index (Phi) is 4.35. The molecule has 1 heterocycles. The minimum Gasteiger partial charge on any atom is -0.392 e. The first-order valence-corrected chi connectivity index (χ1v) is 8.16. The summed E-state index contributed by atoms with van der Waals surface area (Å²) in [5, 5.41) is 10.8. The molecule has 3 rings (SSSR count). The maximum absolute atomic E-state index is 9.41. The molecule has 0 bridgehead atoms. The molecule has 22 heavy (non-hydrogen) atoms. The Balaban J connectivity index is 1.79. The minimum atomic E-state index is 0.101. The molecule has 1 aliphatic heterocycles. The lowest BCUT2D eigenvalue weighted by atomic mass is 9.87. The van der Waals surface area contributed by atoms with Gasteiger partial charge in [0, 0.05) is 19.0 Å². The molecule has 0 aromatic heterocycles. The first-order valence-electron chi connectivity index (χ1n) is 7.41. The van der Waals surface area contributed by atoms with Crippen LogP contribution in [0.25, 0.3) is 0 Å². The maximum Gasteiger partial charge on any atom is 0.0745 e. The molecular weight excluding hydrogens is 317 g/mol. The molecule has 2 aromatic carbocycles. The van der Waals surface area contributed by atoms with Gasteiger partial charge in [0.15, 0.2) is 0 Å². The molecular formula is C18H19Cl2NO. The highest BCUT2D eigenvalue weighted by Gasteiger charge is 2.31. The van der Waals surface area contributed by atoms with E-state index in [0.29, 0.717) is 16.0 Å². The van der Waals surface area contributed by atoms with E-state index in [-0.39, 0.29) is 6.61 Å². The molecule has 0 spiro atoms. The third kappa shape index (κ3) is 2.71. The van der Waals surface area contributed by atoms with Gasteiger partial charge >= 0.3 is 0 Å². The first kappa shape index (κ1) is 15.7. The van der Waals surface area contributed by atoms with Crippen LogP contribution in [0.4, 0.5) is 5.69 Å². The summed E-state index contributed by atoms with van der Waals surface area (Å²) in [5.41, 5.74) is 5.61. The standard InChI is InChI=1S/C18H19Cl2NO/c1-11-6-13(7-12(2)15(11)10-22)14-8-21(9-14)18-16(19)4-3-5-17(18)20/h3-7,14,22H,8-10H2,1-2H3. The largest absolute Gasteiger partial charge is 0.392 e. The Hall–Kier alpha value is -1.22. The Morgan fingerprint density at radius 2 is 1.64 bits per heavy atom. The number of halogens is 2. The van der Waals surface area contributed by atoms with Crippen LogP contribution in [0.5, 0.6) is 0 Å². The Morgan fingerprint density at radius 3 is 2.14 bits per heavy atom. The highest BCUT2D eigenvalue weighted by molar-refractivity contribution is 6.39. The molecule has 2 nitrogen and oxygen atoms in total. The average molecular weight is 336 g/mol. The van der Waals surface area contributed by atoms with Gasteiger partial charge in [0.25, 0.3) is 0 Å². The zero-order valence-corrected chi connectivity index (χ0v) is 14.2. The lowest BCUT2D eigenvalue weighted by molar-refractivity contribution is 0.280. The average Bonchev–Trinajstić information content (AvgIpc) is 2.40. The topological polar surface area (TPSA) is 23.5 Å². The molecule has 0 radical (unpaired) electrons. The van der Waals surface area contributed by atoms with Gasteiger partial charge in [-0.1, -0.05) is 41.4 Å². The summed E-state index contributed by atoms with van der Waals surface area (Å²) < 4.78 is 0. The number of para-hydroxylation sites is 1. The van der Waals surface area contributed by atoms with E-state index in [0.717, 1.165) is 35.5 Å². The first-order chi connectivity index (χ1) is 10.5. The molecule has 0 unspecified atom stereocenters. The SMILES string of the molecule is Cc1cc(C2CN(c3c(Cl)cccc3Cl)C2)cc(C)c1CO. The van der Waals surface area contributed by atoms with E-state index in [1.54, 1.807) is 0 Å². The molecule has 0 amide bonds. The van der Waals surface area contributed by atoms with E-state index in [9.17, 15) is 5.11 Å². The van der Waals surface area contributed by atoms with Crippen molar-refractivity contribution in [3.8, 4) is 0 Å². The van der Waals surface area contributed by atoms with E-state index in [1.165, 1.54) is 5.56 Å². The predicted octanol–water partition coefficient (Wildman–Crippen LogP) is 4.71. The third-order valence-corrected chi connectivity index (χ3v) is 5.09. The van der Waals surface area contributed by atoms with Gasteiger partial charge in [-0.3, -0.25) is 0 Å². The number of nitrogens with zero attached hydrogens (tertiary/aromatic N) is 1. The van der Waals surface area contributed by atoms with Crippen LogP contribution < -0.4 is 4.90 Å². The van der Waals surface area contributed by atoms with E-state index in [4.69, 9.17) is 23.2 Å². The summed E-state index contributed by atoms with van der Waals surface area (Å²) in [6, 6.07) is 10.00. The lowest BCUT2D eigenvalue weighted by Gasteiger charge is -2.42. The molecule has 0 aliphatic carbocycles. The van der Waals surface area contributed by atoms with E-state index < -0.39 is 0 Å². The van der Waals surface area contributed by atoms with Crippen molar-refractivity contribution < 1.29 is 5.11 Å². The number of hydrogen-bond donors (Lipinski definition) is 1. The number of hydrogen-bond acceptors (Lipinski definition) is 2. The zero-order valence-electron chi connectivity index (χ0n) is 12.7. The van der Waals surface area contributed by atoms with Crippen LogP contribution in [0.15, 0.2) is 30.3 Å². The predicted molar refractivity (Wildman–Crippen MR) is 93.3 cm³/mol. The second-order valence-electron chi connectivity index (χ2n) is 5.96. The monoisotopic (exact) mass is 335 g/mol. The van der Waals surface area contributed by atoms with Crippen molar-refractivity contribution >= 4 is 28.9 Å². The van der Waals surface area contributed by atoms with Crippen molar-refractivity contribution in [2.45, 2.75) is 26.4 Å². The van der Waals surface area contributed by atoms with Crippen LogP contribution >= 0.6 is 23.2 Å². The fourth-order valence-electron chi connectivity index (χ4n) is 3.18. The summed E-state index contributed by atoms with van der Waals surface area (Å²) >= 11 is 12.5. The van der Waals surface area contributed by atoms with Crippen LogP contribution in [0.1, 0.15) is 28.2 Å². The highest BCUT2D eigenvalue weighted by Crippen LogP contribution is 2.40. The van der Waals surface area contributed by atoms with E-state index in [2.05, 4.69) is 30.9 Å². The normalized spacial score (nSPS) is 15.0. The molecule has 116 valence electrons. The summed E-state index contributed by atoms with van der Waals surface area (Å²) in [5.74, 6) is 0.484. The van der Waals surface area contributed by atoms with Gasteiger partial charge in [0.1, 0.15) is 0 Å². The molecule has 1 saturated heterocycles. The van der Waals surface area contributed by atoms with Crippen molar-refractivity contribution in [2.75, 3.05) is 18.0 Å². The van der Waals surface area contributed by atoms with Gasteiger partial charge in [0.05, 0.1) is 22.3 Å². The van der Waals surface area contributed by atoms with Crippen molar-refractivity contribution in [2.24, 2.45) is 0 Å². The molecule has 1 N–H and O–H groups in total. The quantitative estimate of drug-likeness (QED) is 0.878. The Labute approximate surface area is 141 Å². The van der Waals surface area contributed by atoms with Gasteiger partial charge in [-0.25, -0.2) is 0 Å². The number of benzene rings is 2. The molecule has 0 saturated carbocycles. The van der Waals surface area contributed by atoms with Crippen molar-refractivity contribution in [1.29, 1.82) is 0 Å². The van der Waals surface area contributed by atoms with Gasteiger partial charge in [-0.05, 0) is 48.2 Å². The van der Waals surface area contributed by atoms with Crippen LogP contribution in [-0.2, 0) is 6.61 Å². The van der Waals surface area contributed by atoms with Gasteiger partial charge in [-0.15, -0.1) is 0 Å². The Morgan fingerprint density at radius 1 is 1.09 bits per heavy atom. The number of aliphatic hydroxyl groups is 1. The number of rotatable bonds is 3. The van der Waals surface area contributed by atoms with E-state index in [1.807, 2.05) is 18.2 Å². The summed E-state index contributed by atoms with van der Waals surface area (Å²) in [7, 11) is 0. The summed E-state index contributed by atoms with van der Waals surface area (Å²) in [6.07, 6.45) is 0. The number of aliphatic hydroxyl groups excluding tert-OH is 1. The fraction of sp³-hybridized carbons (Fsp3) is 0.333. The minimum absolute atomic E-state index is 0.101. The summed E-state index contributed by atoms with van der Waals surface area (Å²) in [6.45, 7) is 6.05. The van der Waals surface area contributed by atoms with Crippen molar-refractivity contribution in [1.82, 2.24) is 0 Å². The van der Waals surface area contributed by atoms with Crippen LogP contribution in [0.3, 0.4) is 0 Å². The van der Waals surface area contributed by atoms with Crippen LogP contribution in [-0.4, -0.2) is 18.2 Å². The Bertz CT molecular complexity index is 665. The second kappa shape index (κ2) is 6.11. The molecule has 4 heteroatoms. The van der Waals surface area contributed by atoms with E-state index >= 15 is 0 Å². The summed E-state index contributed by atoms with van der Waals surface area (Å²) in [4.78, 5) is 2.22. The highest BCUT2D eigenvalue weighted by atomic mass is 35.5. The van der Waals surface area contributed by atoms with Crippen LogP contribution in [0.2, 0.25) is 10.0 Å². The maximum atomic E-state index is 9.41. The third-order valence-electron chi connectivity index (χ3n) is 4.48. The fourth-order valence-corrected chi connectivity index (χ4v) is 3.81. The molecule has 1 aliphatic rings. The van der Waals surface area contributed by atoms with Crippen molar-refractivity contribution in [3.63, 3.8) is 0 Å². The lowest BCUT2D eigenvalue weighted by Crippen LogP contribution is -2.45.